The summed E-state index contributed by atoms with van der Waals surface area (Å²) in [6, 6.07) is 5.40. The Balaban J connectivity index is 3.02. The summed E-state index contributed by atoms with van der Waals surface area (Å²) in [5.41, 5.74) is 7.71. The van der Waals surface area contributed by atoms with Gasteiger partial charge in [0.1, 0.15) is 5.82 Å². The fourth-order valence-electron chi connectivity index (χ4n) is 2.46. The molecule has 3 heteroatoms. The van der Waals surface area contributed by atoms with Gasteiger partial charge in [-0.25, -0.2) is 4.39 Å². The lowest BCUT2D eigenvalue weighted by Gasteiger charge is -2.28. The van der Waals surface area contributed by atoms with E-state index >= 15 is 0 Å². The molecule has 1 aromatic rings. The number of anilines is 1. The minimum absolute atomic E-state index is 0.0507. The number of halogens is 1. The maximum absolute atomic E-state index is 14.3. The molecular formula is C17H29FN2. The maximum atomic E-state index is 14.3. The molecule has 0 fully saturated rings. The number of nitrogens with two attached hydrogens (primary N) is 1. The zero-order valence-electron chi connectivity index (χ0n) is 13.2. The first kappa shape index (κ1) is 17.0. The van der Waals surface area contributed by atoms with E-state index in [0.29, 0.717) is 0 Å². The van der Waals surface area contributed by atoms with Crippen molar-refractivity contribution in [1.82, 2.24) is 0 Å². The molecule has 20 heavy (non-hydrogen) atoms. The third-order valence-corrected chi connectivity index (χ3v) is 3.49. The second kappa shape index (κ2) is 8.96. The van der Waals surface area contributed by atoms with Gasteiger partial charge in [-0.05, 0) is 37.8 Å². The van der Waals surface area contributed by atoms with E-state index < -0.39 is 0 Å². The molecule has 0 aromatic heterocycles. The van der Waals surface area contributed by atoms with Crippen LogP contribution in [-0.4, -0.2) is 19.1 Å². The van der Waals surface area contributed by atoms with Crippen molar-refractivity contribution >= 4 is 5.69 Å². The van der Waals surface area contributed by atoms with Crippen LogP contribution in [-0.2, 0) is 6.42 Å². The summed E-state index contributed by atoms with van der Waals surface area (Å²) in [5.74, 6) is -0.115. The first-order valence-electron chi connectivity index (χ1n) is 7.88. The lowest BCUT2D eigenvalue weighted by Crippen LogP contribution is -2.29. The van der Waals surface area contributed by atoms with Gasteiger partial charge in [0.15, 0.2) is 0 Å². The number of para-hydroxylation sites is 1. The van der Waals surface area contributed by atoms with E-state index in [-0.39, 0.29) is 11.9 Å². The molecule has 0 bridgehead atoms. The molecule has 1 aromatic carbocycles. The van der Waals surface area contributed by atoms with Crippen molar-refractivity contribution in [3.63, 3.8) is 0 Å². The standard InChI is InChI=1S/C17H29FN2/c1-4-6-11-20(12-7-5-2)17-15(13-14(3)19)9-8-10-16(17)18/h8-10,14H,4-7,11-13,19H2,1-3H3. The van der Waals surface area contributed by atoms with Gasteiger partial charge in [-0.15, -0.1) is 0 Å². The summed E-state index contributed by atoms with van der Waals surface area (Å²) in [6.07, 6.45) is 5.16. The quantitative estimate of drug-likeness (QED) is 0.737. The summed E-state index contributed by atoms with van der Waals surface area (Å²) in [4.78, 5) is 2.21. The molecule has 0 aliphatic heterocycles. The number of benzene rings is 1. The minimum atomic E-state index is -0.115. The van der Waals surface area contributed by atoms with E-state index in [4.69, 9.17) is 5.73 Å². The predicted molar refractivity (Wildman–Crippen MR) is 85.8 cm³/mol. The van der Waals surface area contributed by atoms with Crippen molar-refractivity contribution in [2.45, 2.75) is 58.9 Å². The van der Waals surface area contributed by atoms with Crippen LogP contribution in [0.1, 0.15) is 52.0 Å². The largest absolute Gasteiger partial charge is 0.369 e. The van der Waals surface area contributed by atoms with Crippen LogP contribution in [0, 0.1) is 5.82 Å². The lowest BCUT2D eigenvalue weighted by molar-refractivity contribution is 0.598. The van der Waals surface area contributed by atoms with Crippen molar-refractivity contribution < 1.29 is 4.39 Å². The number of unbranched alkanes of at least 4 members (excludes halogenated alkanes) is 2. The van der Waals surface area contributed by atoms with Crippen LogP contribution in [0.3, 0.4) is 0 Å². The molecule has 0 amide bonds. The first-order chi connectivity index (χ1) is 9.60. The molecule has 114 valence electrons. The van der Waals surface area contributed by atoms with Crippen LogP contribution in [0.15, 0.2) is 18.2 Å². The summed E-state index contributed by atoms with van der Waals surface area (Å²) in [7, 11) is 0. The second-order valence-electron chi connectivity index (χ2n) is 5.62. The number of nitrogens with zero attached hydrogens (tertiary/aromatic N) is 1. The maximum Gasteiger partial charge on any atom is 0.146 e. The molecule has 1 atom stereocenters. The zero-order valence-corrected chi connectivity index (χ0v) is 13.2. The van der Waals surface area contributed by atoms with Crippen LogP contribution in [0.2, 0.25) is 0 Å². The van der Waals surface area contributed by atoms with Gasteiger partial charge in [0.05, 0.1) is 5.69 Å². The molecule has 2 nitrogen and oxygen atoms in total. The van der Waals surface area contributed by atoms with Crippen LogP contribution in [0.25, 0.3) is 0 Å². The number of hydrogen-bond acceptors (Lipinski definition) is 2. The van der Waals surface area contributed by atoms with Gasteiger partial charge in [0.2, 0.25) is 0 Å². The molecule has 2 N–H and O–H groups in total. The summed E-state index contributed by atoms with van der Waals surface area (Å²) in [5, 5.41) is 0. The third kappa shape index (κ3) is 5.12. The van der Waals surface area contributed by atoms with E-state index in [1.165, 1.54) is 0 Å². The van der Waals surface area contributed by atoms with Crippen LogP contribution >= 0.6 is 0 Å². The Kier molecular flexibility index (Phi) is 7.60. The average molecular weight is 280 g/mol. The third-order valence-electron chi connectivity index (χ3n) is 3.49. The smallest absolute Gasteiger partial charge is 0.146 e. The monoisotopic (exact) mass is 280 g/mol. The Morgan fingerprint density at radius 2 is 1.75 bits per heavy atom. The Morgan fingerprint density at radius 1 is 1.15 bits per heavy atom. The van der Waals surface area contributed by atoms with Gasteiger partial charge in [-0.3, -0.25) is 0 Å². The second-order valence-corrected chi connectivity index (χ2v) is 5.62. The van der Waals surface area contributed by atoms with E-state index in [0.717, 1.165) is 56.4 Å². The Labute approximate surface area is 123 Å². The molecular weight excluding hydrogens is 251 g/mol. The molecule has 1 unspecified atom stereocenters. The van der Waals surface area contributed by atoms with Crippen LogP contribution < -0.4 is 10.6 Å². The number of hydrogen-bond donors (Lipinski definition) is 1. The van der Waals surface area contributed by atoms with Gasteiger partial charge in [0, 0.05) is 19.1 Å². The highest BCUT2D eigenvalue weighted by Crippen LogP contribution is 2.26. The fourth-order valence-corrected chi connectivity index (χ4v) is 2.46. The van der Waals surface area contributed by atoms with Crippen molar-refractivity contribution in [2.24, 2.45) is 5.73 Å². The highest BCUT2D eigenvalue weighted by atomic mass is 19.1. The molecule has 0 radical (unpaired) electrons. The molecule has 0 saturated heterocycles. The zero-order chi connectivity index (χ0) is 15.0. The predicted octanol–water partition coefficient (Wildman–Crippen LogP) is 4.12. The molecule has 1 rings (SSSR count). The van der Waals surface area contributed by atoms with E-state index in [1.807, 2.05) is 13.0 Å². The fraction of sp³-hybridized carbons (Fsp3) is 0.647. The van der Waals surface area contributed by atoms with Crippen molar-refractivity contribution in [1.29, 1.82) is 0 Å². The molecule has 0 spiro atoms. The molecule has 0 heterocycles. The van der Waals surface area contributed by atoms with E-state index in [2.05, 4.69) is 18.7 Å². The first-order valence-corrected chi connectivity index (χ1v) is 7.88. The molecule has 0 saturated carbocycles. The Hall–Kier alpha value is -1.09. The van der Waals surface area contributed by atoms with Crippen LogP contribution in [0.4, 0.5) is 10.1 Å². The SMILES string of the molecule is CCCCN(CCCC)c1c(F)cccc1CC(C)N. The normalized spacial score (nSPS) is 12.4. The van der Waals surface area contributed by atoms with Gasteiger partial charge < -0.3 is 10.6 Å². The van der Waals surface area contributed by atoms with Crippen molar-refractivity contribution in [2.75, 3.05) is 18.0 Å². The average Bonchev–Trinajstić information content (AvgIpc) is 2.40. The summed E-state index contributed by atoms with van der Waals surface area (Å²) in [6.45, 7) is 8.15. The van der Waals surface area contributed by atoms with Gasteiger partial charge in [0.25, 0.3) is 0 Å². The van der Waals surface area contributed by atoms with E-state index in [9.17, 15) is 4.39 Å². The minimum Gasteiger partial charge on any atom is -0.369 e. The topological polar surface area (TPSA) is 29.3 Å². The molecule has 0 aliphatic rings. The van der Waals surface area contributed by atoms with Gasteiger partial charge in [-0.2, -0.15) is 0 Å². The van der Waals surface area contributed by atoms with Crippen molar-refractivity contribution in [3.8, 4) is 0 Å². The summed E-state index contributed by atoms with van der Waals surface area (Å²) < 4.78 is 14.3. The highest BCUT2D eigenvalue weighted by molar-refractivity contribution is 5.55. The van der Waals surface area contributed by atoms with Crippen LogP contribution in [0.5, 0.6) is 0 Å². The van der Waals surface area contributed by atoms with Gasteiger partial charge >= 0.3 is 0 Å². The Bertz CT molecular complexity index is 383. The van der Waals surface area contributed by atoms with E-state index in [1.54, 1.807) is 12.1 Å². The highest BCUT2D eigenvalue weighted by Gasteiger charge is 2.16. The Morgan fingerprint density at radius 3 is 2.25 bits per heavy atom. The number of rotatable bonds is 9. The van der Waals surface area contributed by atoms with Gasteiger partial charge in [-0.1, -0.05) is 38.8 Å². The van der Waals surface area contributed by atoms with Crippen molar-refractivity contribution in [3.05, 3.63) is 29.6 Å². The molecule has 0 aliphatic carbocycles. The lowest BCUT2D eigenvalue weighted by atomic mass is 10.0. The summed E-state index contributed by atoms with van der Waals surface area (Å²) >= 11 is 0.